The first-order valence-electron chi connectivity index (χ1n) is 15.7. The number of benzene rings is 6. The second-order valence-electron chi connectivity index (χ2n) is 11.8. The van der Waals surface area contributed by atoms with Crippen molar-refractivity contribution in [2.75, 3.05) is 4.90 Å². The summed E-state index contributed by atoms with van der Waals surface area (Å²) in [5, 5.41) is 7.63. The zero-order valence-corrected chi connectivity index (χ0v) is 25.1. The van der Waals surface area contributed by atoms with Crippen molar-refractivity contribution in [3.8, 4) is 11.1 Å². The van der Waals surface area contributed by atoms with E-state index >= 15 is 0 Å². The van der Waals surface area contributed by atoms with Gasteiger partial charge in [-0.2, -0.15) is 0 Å². The molecule has 0 aliphatic heterocycles. The third-order valence-corrected chi connectivity index (χ3v) is 9.18. The number of anilines is 3. The van der Waals surface area contributed by atoms with Crippen molar-refractivity contribution in [3.05, 3.63) is 152 Å². The van der Waals surface area contributed by atoms with E-state index in [2.05, 4.69) is 107 Å². The lowest BCUT2D eigenvalue weighted by atomic mass is 9.94. The Bertz CT molecular complexity index is 2830. The summed E-state index contributed by atoms with van der Waals surface area (Å²) in [4.78, 5) is 11.7. The molecule has 0 radical (unpaired) electrons. The van der Waals surface area contributed by atoms with E-state index in [1.165, 1.54) is 21.9 Å². The lowest BCUT2D eigenvalue weighted by Gasteiger charge is -2.27. The largest absolute Gasteiger partial charge is 0.452 e. The molecule has 4 aromatic heterocycles. The molecular formula is C42H25N3O2. The minimum absolute atomic E-state index is 0.584. The van der Waals surface area contributed by atoms with Crippen LogP contribution in [0.1, 0.15) is 0 Å². The molecule has 220 valence electrons. The monoisotopic (exact) mass is 603 g/mol. The van der Waals surface area contributed by atoms with Crippen molar-refractivity contribution in [3.63, 3.8) is 0 Å². The number of hydrogen-bond donors (Lipinski definition) is 0. The van der Waals surface area contributed by atoms with Crippen LogP contribution < -0.4 is 4.90 Å². The van der Waals surface area contributed by atoms with Crippen LogP contribution in [0.2, 0.25) is 0 Å². The number of hydrogen-bond acceptors (Lipinski definition) is 5. The SMILES string of the molecule is c1ccc2cc(-c3ccc(N(c4ccnc5c4oc4ccccc45)c4ccnc5oc6ccccc6c45)c4ccccc34)ccc2c1. The number of pyridine rings is 2. The summed E-state index contributed by atoms with van der Waals surface area (Å²) in [6.07, 6.45) is 3.68. The maximum Gasteiger partial charge on any atom is 0.229 e. The fourth-order valence-corrected chi connectivity index (χ4v) is 7.06. The Morgan fingerprint density at radius 2 is 1.15 bits per heavy atom. The summed E-state index contributed by atoms with van der Waals surface area (Å²) in [6, 6.07) is 48.5. The Kier molecular flexibility index (Phi) is 5.51. The van der Waals surface area contributed by atoms with Gasteiger partial charge in [-0.05, 0) is 69.8 Å². The van der Waals surface area contributed by atoms with Crippen LogP contribution >= 0.6 is 0 Å². The summed E-state index contributed by atoms with van der Waals surface area (Å²) >= 11 is 0. The third kappa shape index (κ3) is 3.90. The number of furan rings is 2. The molecule has 4 heterocycles. The maximum atomic E-state index is 6.59. The molecule has 0 atom stereocenters. The highest BCUT2D eigenvalue weighted by atomic mass is 16.3. The second kappa shape index (κ2) is 10.0. The normalized spacial score (nSPS) is 11.8. The van der Waals surface area contributed by atoms with Gasteiger partial charge in [-0.25, -0.2) is 4.98 Å². The van der Waals surface area contributed by atoms with Gasteiger partial charge < -0.3 is 13.7 Å². The Balaban J connectivity index is 1.30. The molecular weight excluding hydrogens is 578 g/mol. The molecule has 10 aromatic rings. The topological polar surface area (TPSA) is 55.3 Å². The predicted octanol–water partition coefficient (Wildman–Crippen LogP) is 11.7. The van der Waals surface area contributed by atoms with Gasteiger partial charge in [0.1, 0.15) is 16.7 Å². The molecule has 0 saturated carbocycles. The average Bonchev–Trinajstić information content (AvgIpc) is 3.71. The van der Waals surface area contributed by atoms with E-state index in [9.17, 15) is 0 Å². The quantitative estimate of drug-likeness (QED) is 0.200. The Labute approximate surface area is 268 Å². The van der Waals surface area contributed by atoms with Gasteiger partial charge in [0.2, 0.25) is 5.71 Å². The van der Waals surface area contributed by atoms with Crippen molar-refractivity contribution < 1.29 is 8.83 Å². The average molecular weight is 604 g/mol. The van der Waals surface area contributed by atoms with E-state index in [0.29, 0.717) is 11.3 Å². The molecule has 0 N–H and O–H groups in total. The summed E-state index contributed by atoms with van der Waals surface area (Å²) in [6.45, 7) is 0. The summed E-state index contributed by atoms with van der Waals surface area (Å²) < 4.78 is 12.9. The highest BCUT2D eigenvalue weighted by Crippen LogP contribution is 2.48. The standard InChI is InChI=1S/C42H25N3O2/c1-2-10-27-25-28(18-17-26(27)9-1)29-19-20-34(31-12-4-3-11-30(29)31)45(35-21-24-44-42-39(35)32-13-5-7-15-37(32)47-42)36-22-23-43-40-33-14-6-8-16-38(33)46-41(36)40/h1-25H. The highest BCUT2D eigenvalue weighted by Gasteiger charge is 2.25. The van der Waals surface area contributed by atoms with Gasteiger partial charge in [-0.3, -0.25) is 4.98 Å². The molecule has 10 rings (SSSR count). The fraction of sp³-hybridized carbons (Fsp3) is 0. The van der Waals surface area contributed by atoms with Crippen LogP contribution in [0.25, 0.3) is 76.8 Å². The Hall–Kier alpha value is -6.46. The van der Waals surface area contributed by atoms with Gasteiger partial charge in [0.05, 0.1) is 22.4 Å². The van der Waals surface area contributed by atoms with Crippen LogP contribution in [0.4, 0.5) is 17.1 Å². The van der Waals surface area contributed by atoms with Crippen molar-refractivity contribution >= 4 is 82.7 Å². The zero-order chi connectivity index (χ0) is 30.9. The molecule has 0 spiro atoms. The third-order valence-electron chi connectivity index (χ3n) is 9.18. The number of nitrogens with zero attached hydrogens (tertiary/aromatic N) is 3. The number of fused-ring (bicyclic) bond motifs is 8. The molecule has 6 aromatic carbocycles. The zero-order valence-electron chi connectivity index (χ0n) is 25.1. The minimum Gasteiger partial charge on any atom is -0.452 e. The predicted molar refractivity (Wildman–Crippen MR) is 192 cm³/mol. The molecule has 5 nitrogen and oxygen atoms in total. The number of aromatic nitrogens is 2. The molecule has 0 unspecified atom stereocenters. The van der Waals surface area contributed by atoms with Gasteiger partial charge in [0.15, 0.2) is 5.58 Å². The van der Waals surface area contributed by atoms with Crippen molar-refractivity contribution in [2.24, 2.45) is 0 Å². The molecule has 0 fully saturated rings. The van der Waals surface area contributed by atoms with E-state index in [0.717, 1.165) is 60.7 Å². The Morgan fingerprint density at radius 1 is 0.468 bits per heavy atom. The minimum atomic E-state index is 0.584. The summed E-state index contributed by atoms with van der Waals surface area (Å²) in [5.41, 5.74) is 8.90. The van der Waals surface area contributed by atoms with Gasteiger partial charge in [-0.1, -0.05) is 97.1 Å². The van der Waals surface area contributed by atoms with E-state index < -0.39 is 0 Å². The van der Waals surface area contributed by atoms with Crippen molar-refractivity contribution in [1.29, 1.82) is 0 Å². The first-order chi connectivity index (χ1) is 23.3. The molecule has 5 heteroatoms. The molecule has 47 heavy (non-hydrogen) atoms. The highest BCUT2D eigenvalue weighted by molar-refractivity contribution is 6.17. The summed E-state index contributed by atoms with van der Waals surface area (Å²) in [5.74, 6) is 0. The molecule has 0 aliphatic rings. The number of rotatable bonds is 4. The molecule has 0 amide bonds. The molecule has 0 saturated heterocycles. The van der Waals surface area contributed by atoms with E-state index in [-0.39, 0.29) is 0 Å². The van der Waals surface area contributed by atoms with Gasteiger partial charge >= 0.3 is 0 Å². The first-order valence-corrected chi connectivity index (χ1v) is 15.7. The molecule has 0 bridgehead atoms. The fourth-order valence-electron chi connectivity index (χ4n) is 7.06. The van der Waals surface area contributed by atoms with Crippen LogP contribution in [-0.2, 0) is 0 Å². The number of para-hydroxylation sites is 2. The van der Waals surface area contributed by atoms with Crippen LogP contribution in [0.5, 0.6) is 0 Å². The van der Waals surface area contributed by atoms with E-state index in [1.54, 1.807) is 0 Å². The second-order valence-corrected chi connectivity index (χ2v) is 11.8. The first kappa shape index (κ1) is 25.8. The van der Waals surface area contributed by atoms with E-state index in [4.69, 9.17) is 13.8 Å². The molecule has 0 aliphatic carbocycles. The van der Waals surface area contributed by atoms with Crippen LogP contribution in [0.3, 0.4) is 0 Å². The lowest BCUT2D eigenvalue weighted by molar-refractivity contribution is 0.654. The van der Waals surface area contributed by atoms with Gasteiger partial charge in [0.25, 0.3) is 0 Å². The van der Waals surface area contributed by atoms with Crippen LogP contribution in [0.15, 0.2) is 161 Å². The maximum absolute atomic E-state index is 6.59. The van der Waals surface area contributed by atoms with Crippen molar-refractivity contribution in [2.45, 2.75) is 0 Å². The summed E-state index contributed by atoms with van der Waals surface area (Å²) in [7, 11) is 0. The smallest absolute Gasteiger partial charge is 0.229 e. The van der Waals surface area contributed by atoms with Crippen LogP contribution in [-0.4, -0.2) is 9.97 Å². The Morgan fingerprint density at radius 3 is 2.02 bits per heavy atom. The lowest BCUT2D eigenvalue weighted by Crippen LogP contribution is -2.12. The van der Waals surface area contributed by atoms with Gasteiger partial charge in [-0.15, -0.1) is 0 Å². The van der Waals surface area contributed by atoms with Crippen LogP contribution in [0, 0.1) is 0 Å². The van der Waals surface area contributed by atoms with Gasteiger partial charge in [0, 0.05) is 28.6 Å². The van der Waals surface area contributed by atoms with Crippen molar-refractivity contribution in [1.82, 2.24) is 9.97 Å². The van der Waals surface area contributed by atoms with E-state index in [1.807, 2.05) is 54.9 Å².